The minimum absolute atomic E-state index is 0.575. The first-order valence-electron chi connectivity index (χ1n) is 6.10. The first kappa shape index (κ1) is 13.2. The van der Waals surface area contributed by atoms with Crippen LogP contribution in [0.5, 0.6) is 0 Å². The van der Waals surface area contributed by atoms with Crippen molar-refractivity contribution in [3.8, 4) is 0 Å². The second kappa shape index (κ2) is 7.42. The molecule has 1 aromatic carbocycles. The quantitative estimate of drug-likeness (QED) is 0.708. The molecule has 2 nitrogen and oxygen atoms in total. The first-order chi connectivity index (χ1) is 7.68. The molecule has 0 aliphatic carbocycles. The van der Waals surface area contributed by atoms with Gasteiger partial charge in [-0.05, 0) is 46.0 Å². The van der Waals surface area contributed by atoms with Gasteiger partial charge in [-0.25, -0.2) is 0 Å². The molecular weight excluding hydrogens is 196 g/mol. The zero-order chi connectivity index (χ0) is 11.8. The van der Waals surface area contributed by atoms with Crippen LogP contribution in [0.15, 0.2) is 30.3 Å². The molecular formula is C14H24N2. The monoisotopic (exact) mass is 220 g/mol. The van der Waals surface area contributed by atoms with Gasteiger partial charge in [-0.1, -0.05) is 30.3 Å². The normalized spacial score (nSPS) is 13.0. The van der Waals surface area contributed by atoms with Gasteiger partial charge in [0.2, 0.25) is 0 Å². The van der Waals surface area contributed by atoms with Crippen molar-refractivity contribution in [1.82, 2.24) is 10.2 Å². The smallest absolute Gasteiger partial charge is 0.0166 e. The van der Waals surface area contributed by atoms with Crippen LogP contribution >= 0.6 is 0 Å². The predicted molar refractivity (Wildman–Crippen MR) is 70.8 cm³/mol. The molecule has 0 aliphatic rings. The molecule has 1 N–H and O–H groups in total. The molecule has 2 heteroatoms. The fraction of sp³-hybridized carbons (Fsp3) is 0.571. The Morgan fingerprint density at radius 1 is 1.19 bits per heavy atom. The largest absolute Gasteiger partial charge is 0.313 e. The summed E-state index contributed by atoms with van der Waals surface area (Å²) in [5, 5.41) is 3.54. The zero-order valence-corrected chi connectivity index (χ0v) is 10.7. The minimum atomic E-state index is 0.575. The lowest BCUT2D eigenvalue weighted by Crippen LogP contribution is -2.36. The maximum absolute atomic E-state index is 3.54. The second-order valence-corrected chi connectivity index (χ2v) is 4.71. The van der Waals surface area contributed by atoms with Gasteiger partial charge in [0, 0.05) is 12.6 Å². The molecule has 0 bridgehead atoms. The minimum Gasteiger partial charge on any atom is -0.313 e. The van der Waals surface area contributed by atoms with E-state index in [0.717, 1.165) is 13.1 Å². The van der Waals surface area contributed by atoms with E-state index in [1.54, 1.807) is 0 Å². The van der Waals surface area contributed by atoms with Crippen molar-refractivity contribution in [3.63, 3.8) is 0 Å². The number of nitrogens with one attached hydrogen (secondary N) is 1. The third kappa shape index (κ3) is 5.89. The van der Waals surface area contributed by atoms with Crippen molar-refractivity contribution >= 4 is 0 Å². The summed E-state index contributed by atoms with van der Waals surface area (Å²) in [5.41, 5.74) is 1.43. The van der Waals surface area contributed by atoms with Crippen LogP contribution in [0.3, 0.4) is 0 Å². The molecule has 0 amide bonds. The number of nitrogens with zero attached hydrogens (tertiary/aromatic N) is 1. The Balaban J connectivity index is 2.08. The van der Waals surface area contributed by atoms with E-state index in [9.17, 15) is 0 Å². The second-order valence-electron chi connectivity index (χ2n) is 4.71. The molecule has 16 heavy (non-hydrogen) atoms. The Morgan fingerprint density at radius 3 is 2.50 bits per heavy atom. The molecule has 1 unspecified atom stereocenters. The molecule has 1 rings (SSSR count). The number of aryl methyl sites for hydroxylation is 1. The molecule has 0 aromatic heterocycles. The molecule has 1 atom stereocenters. The van der Waals surface area contributed by atoms with Gasteiger partial charge in [0.25, 0.3) is 0 Å². The van der Waals surface area contributed by atoms with Crippen LogP contribution in [-0.4, -0.2) is 38.1 Å². The Bertz CT molecular complexity index is 269. The Labute approximate surface area is 99.7 Å². The van der Waals surface area contributed by atoms with Crippen molar-refractivity contribution in [2.24, 2.45) is 0 Å². The fourth-order valence-corrected chi connectivity index (χ4v) is 1.90. The maximum Gasteiger partial charge on any atom is 0.0166 e. The van der Waals surface area contributed by atoms with Crippen molar-refractivity contribution < 1.29 is 0 Å². The van der Waals surface area contributed by atoms with Gasteiger partial charge in [-0.15, -0.1) is 0 Å². The number of hydrogen-bond acceptors (Lipinski definition) is 2. The molecule has 0 aliphatic heterocycles. The van der Waals surface area contributed by atoms with Crippen LogP contribution in [0.4, 0.5) is 0 Å². The van der Waals surface area contributed by atoms with E-state index in [2.05, 4.69) is 61.6 Å². The summed E-state index contributed by atoms with van der Waals surface area (Å²) in [6.07, 6.45) is 2.38. The van der Waals surface area contributed by atoms with Crippen LogP contribution in [0.25, 0.3) is 0 Å². The van der Waals surface area contributed by atoms with Crippen LogP contribution in [-0.2, 0) is 6.42 Å². The molecule has 0 saturated carbocycles. The van der Waals surface area contributed by atoms with Gasteiger partial charge < -0.3 is 10.2 Å². The summed E-state index contributed by atoms with van der Waals surface area (Å²) in [6.45, 7) is 4.44. The highest BCUT2D eigenvalue weighted by molar-refractivity contribution is 5.14. The van der Waals surface area contributed by atoms with E-state index < -0.39 is 0 Å². The van der Waals surface area contributed by atoms with Crippen molar-refractivity contribution in [3.05, 3.63) is 35.9 Å². The summed E-state index contributed by atoms with van der Waals surface area (Å²) < 4.78 is 0. The average molecular weight is 220 g/mol. The number of likely N-dealkylation sites (N-methyl/N-ethyl adjacent to an activating group) is 1. The van der Waals surface area contributed by atoms with Crippen molar-refractivity contribution in [2.45, 2.75) is 25.8 Å². The van der Waals surface area contributed by atoms with Gasteiger partial charge in [-0.3, -0.25) is 0 Å². The lowest BCUT2D eigenvalue weighted by atomic mass is 10.1. The van der Waals surface area contributed by atoms with E-state index in [0.29, 0.717) is 6.04 Å². The maximum atomic E-state index is 3.54. The highest BCUT2D eigenvalue weighted by Crippen LogP contribution is 2.01. The van der Waals surface area contributed by atoms with Crippen molar-refractivity contribution in [2.75, 3.05) is 27.2 Å². The van der Waals surface area contributed by atoms with Gasteiger partial charge in [0.1, 0.15) is 0 Å². The van der Waals surface area contributed by atoms with Gasteiger partial charge >= 0.3 is 0 Å². The standard InChI is InChI=1S/C14H24N2/c1-13(12-16(2)3)15-11-7-10-14-8-5-4-6-9-14/h4-6,8-9,13,15H,7,10-12H2,1-3H3. The Kier molecular flexibility index (Phi) is 6.12. The number of hydrogen-bond donors (Lipinski definition) is 1. The topological polar surface area (TPSA) is 15.3 Å². The van der Waals surface area contributed by atoms with E-state index in [4.69, 9.17) is 0 Å². The summed E-state index contributed by atoms with van der Waals surface area (Å²) in [6, 6.07) is 11.3. The lowest BCUT2D eigenvalue weighted by Gasteiger charge is -2.18. The molecule has 0 heterocycles. The molecule has 90 valence electrons. The number of rotatable bonds is 7. The van der Waals surface area contributed by atoms with Crippen molar-refractivity contribution in [1.29, 1.82) is 0 Å². The Hall–Kier alpha value is -0.860. The fourth-order valence-electron chi connectivity index (χ4n) is 1.90. The van der Waals surface area contributed by atoms with Gasteiger partial charge in [0.15, 0.2) is 0 Å². The first-order valence-corrected chi connectivity index (χ1v) is 6.10. The third-order valence-electron chi connectivity index (χ3n) is 2.62. The van der Waals surface area contributed by atoms with Gasteiger partial charge in [0.05, 0.1) is 0 Å². The van der Waals surface area contributed by atoms with E-state index in [1.165, 1.54) is 18.4 Å². The zero-order valence-electron chi connectivity index (χ0n) is 10.7. The molecule has 1 aromatic rings. The summed E-state index contributed by atoms with van der Waals surface area (Å²) >= 11 is 0. The van der Waals surface area contributed by atoms with Crippen LogP contribution in [0.1, 0.15) is 18.9 Å². The summed E-state index contributed by atoms with van der Waals surface area (Å²) in [7, 11) is 4.23. The SMILES string of the molecule is CC(CN(C)C)NCCCc1ccccc1. The predicted octanol–water partition coefficient (Wildman–Crippen LogP) is 2.16. The molecule has 0 spiro atoms. The van der Waals surface area contributed by atoms with E-state index in [1.807, 2.05) is 0 Å². The van der Waals surface area contributed by atoms with Crippen LogP contribution in [0.2, 0.25) is 0 Å². The van der Waals surface area contributed by atoms with Crippen LogP contribution in [0, 0.1) is 0 Å². The highest BCUT2D eigenvalue weighted by atomic mass is 15.1. The third-order valence-corrected chi connectivity index (χ3v) is 2.62. The number of benzene rings is 1. The van der Waals surface area contributed by atoms with Gasteiger partial charge in [-0.2, -0.15) is 0 Å². The van der Waals surface area contributed by atoms with E-state index >= 15 is 0 Å². The summed E-state index contributed by atoms with van der Waals surface area (Å²) in [5.74, 6) is 0. The molecule has 0 radical (unpaired) electrons. The molecule has 0 fully saturated rings. The summed E-state index contributed by atoms with van der Waals surface area (Å²) in [4.78, 5) is 2.22. The van der Waals surface area contributed by atoms with Crippen LogP contribution < -0.4 is 5.32 Å². The highest BCUT2D eigenvalue weighted by Gasteiger charge is 2.01. The molecule has 0 saturated heterocycles. The average Bonchev–Trinajstić information content (AvgIpc) is 2.25. The Morgan fingerprint density at radius 2 is 1.88 bits per heavy atom. The lowest BCUT2D eigenvalue weighted by molar-refractivity contribution is 0.349. The van der Waals surface area contributed by atoms with E-state index in [-0.39, 0.29) is 0 Å².